The Labute approximate surface area is 67.9 Å². The summed E-state index contributed by atoms with van der Waals surface area (Å²) in [6.07, 6.45) is 6.81. The molecule has 0 aromatic carbocycles. The highest BCUT2D eigenvalue weighted by Gasteiger charge is 2.15. The van der Waals surface area contributed by atoms with Gasteiger partial charge in [-0.25, -0.2) is 0 Å². The van der Waals surface area contributed by atoms with E-state index in [-0.39, 0.29) is 5.97 Å². The van der Waals surface area contributed by atoms with Crippen LogP contribution in [0.5, 0.6) is 0 Å². The molecule has 1 aliphatic carbocycles. The van der Waals surface area contributed by atoms with E-state index in [1.54, 1.807) is 0 Å². The molecule has 1 aliphatic rings. The van der Waals surface area contributed by atoms with Crippen LogP contribution < -0.4 is 0 Å². The van der Waals surface area contributed by atoms with Gasteiger partial charge < -0.3 is 4.74 Å². The predicted molar refractivity (Wildman–Crippen MR) is 42.6 cm³/mol. The van der Waals surface area contributed by atoms with Gasteiger partial charge in [0, 0.05) is 6.42 Å². The number of rotatable bonds is 3. The zero-order chi connectivity index (χ0) is 8.10. The van der Waals surface area contributed by atoms with Gasteiger partial charge in [-0.05, 0) is 12.3 Å². The van der Waals surface area contributed by atoms with Crippen LogP contribution in [-0.4, -0.2) is 5.97 Å². The second-order valence-electron chi connectivity index (χ2n) is 3.21. The maximum atomic E-state index is 10.7. The molecule has 2 nitrogen and oxygen atoms in total. The third kappa shape index (κ3) is 2.91. The first kappa shape index (κ1) is 8.57. The SMILES string of the molecule is [CH2]OC(=O)CCC1CCCC1. The largest absolute Gasteiger partial charge is 0.462 e. The van der Waals surface area contributed by atoms with Crippen molar-refractivity contribution < 1.29 is 9.53 Å². The summed E-state index contributed by atoms with van der Waals surface area (Å²) in [7, 11) is 3.08. The second kappa shape index (κ2) is 4.37. The van der Waals surface area contributed by atoms with Crippen LogP contribution in [0.1, 0.15) is 38.5 Å². The Morgan fingerprint density at radius 1 is 1.45 bits per heavy atom. The van der Waals surface area contributed by atoms with E-state index in [9.17, 15) is 4.79 Å². The molecule has 63 valence electrons. The zero-order valence-corrected chi connectivity index (χ0v) is 6.84. The van der Waals surface area contributed by atoms with Gasteiger partial charge in [0.1, 0.15) is 7.11 Å². The van der Waals surface area contributed by atoms with Gasteiger partial charge in [-0.3, -0.25) is 4.79 Å². The van der Waals surface area contributed by atoms with Crippen LogP contribution in [0.3, 0.4) is 0 Å². The van der Waals surface area contributed by atoms with Gasteiger partial charge in [0.05, 0.1) is 0 Å². The van der Waals surface area contributed by atoms with Crippen molar-refractivity contribution in [2.24, 2.45) is 5.92 Å². The first-order valence-corrected chi connectivity index (χ1v) is 4.28. The minimum Gasteiger partial charge on any atom is -0.462 e. The molecule has 0 aromatic heterocycles. The summed E-state index contributed by atoms with van der Waals surface area (Å²) in [5, 5.41) is 0. The minimum absolute atomic E-state index is 0.170. The fourth-order valence-corrected chi connectivity index (χ4v) is 1.69. The number of carbonyl (C=O) groups excluding carboxylic acids is 1. The average molecular weight is 155 g/mol. The van der Waals surface area contributed by atoms with E-state index >= 15 is 0 Å². The molecule has 0 atom stereocenters. The molecule has 0 aliphatic heterocycles. The summed E-state index contributed by atoms with van der Waals surface area (Å²) in [4.78, 5) is 10.7. The highest BCUT2D eigenvalue weighted by molar-refractivity contribution is 5.69. The summed E-state index contributed by atoms with van der Waals surface area (Å²) in [6, 6.07) is 0. The van der Waals surface area contributed by atoms with Crippen LogP contribution in [-0.2, 0) is 9.53 Å². The van der Waals surface area contributed by atoms with E-state index in [1.165, 1.54) is 25.7 Å². The Balaban J connectivity index is 2.06. The van der Waals surface area contributed by atoms with Crippen LogP contribution in [0.2, 0.25) is 0 Å². The van der Waals surface area contributed by atoms with Crippen LogP contribution in [0.15, 0.2) is 0 Å². The average Bonchev–Trinajstić information content (AvgIpc) is 2.52. The molecular formula is C9H15O2. The topological polar surface area (TPSA) is 26.3 Å². The quantitative estimate of drug-likeness (QED) is 0.584. The lowest BCUT2D eigenvalue weighted by Gasteiger charge is -2.05. The molecular weight excluding hydrogens is 140 g/mol. The molecule has 11 heavy (non-hydrogen) atoms. The fourth-order valence-electron chi connectivity index (χ4n) is 1.69. The van der Waals surface area contributed by atoms with Gasteiger partial charge in [-0.2, -0.15) is 0 Å². The molecule has 1 fully saturated rings. The summed E-state index contributed by atoms with van der Waals surface area (Å²) in [6.45, 7) is 0. The Kier molecular flexibility index (Phi) is 3.40. The summed E-state index contributed by atoms with van der Waals surface area (Å²) in [5.74, 6) is 0.603. The van der Waals surface area contributed by atoms with Crippen molar-refractivity contribution in [1.29, 1.82) is 0 Å². The molecule has 0 heterocycles. The van der Waals surface area contributed by atoms with Gasteiger partial charge in [0.2, 0.25) is 0 Å². The second-order valence-corrected chi connectivity index (χ2v) is 3.21. The minimum atomic E-state index is -0.170. The van der Waals surface area contributed by atoms with Crippen molar-refractivity contribution in [3.05, 3.63) is 7.11 Å². The smallest absolute Gasteiger partial charge is 0.305 e. The maximum absolute atomic E-state index is 10.7. The normalized spacial score (nSPS) is 18.6. The molecule has 0 amide bonds. The first-order valence-electron chi connectivity index (χ1n) is 4.28. The zero-order valence-electron chi connectivity index (χ0n) is 6.84. The maximum Gasteiger partial charge on any atom is 0.305 e. The van der Waals surface area contributed by atoms with Crippen molar-refractivity contribution in [2.75, 3.05) is 0 Å². The van der Waals surface area contributed by atoms with E-state index in [0.717, 1.165) is 12.3 Å². The Bertz CT molecular complexity index is 126. The standard InChI is InChI=1S/C9H15O2/c1-11-9(10)7-6-8-4-2-3-5-8/h8H,1-7H2. The number of ether oxygens (including phenoxy) is 1. The lowest BCUT2D eigenvalue weighted by atomic mass is 10.0. The van der Waals surface area contributed by atoms with E-state index in [0.29, 0.717) is 6.42 Å². The number of hydrogen-bond acceptors (Lipinski definition) is 2. The fraction of sp³-hybridized carbons (Fsp3) is 0.778. The van der Waals surface area contributed by atoms with E-state index in [2.05, 4.69) is 11.8 Å². The van der Waals surface area contributed by atoms with Crippen LogP contribution in [0, 0.1) is 13.0 Å². The monoisotopic (exact) mass is 155 g/mol. The van der Waals surface area contributed by atoms with Crippen LogP contribution in [0.25, 0.3) is 0 Å². The first-order chi connectivity index (χ1) is 5.33. The molecule has 0 spiro atoms. The van der Waals surface area contributed by atoms with Gasteiger partial charge >= 0.3 is 5.97 Å². The van der Waals surface area contributed by atoms with Gasteiger partial charge in [-0.1, -0.05) is 25.7 Å². The number of esters is 1. The van der Waals surface area contributed by atoms with Crippen molar-refractivity contribution in [3.63, 3.8) is 0 Å². The number of carbonyl (C=O) groups is 1. The summed E-state index contributed by atoms with van der Waals surface area (Å²) >= 11 is 0. The lowest BCUT2D eigenvalue weighted by molar-refractivity contribution is -0.138. The highest BCUT2D eigenvalue weighted by Crippen LogP contribution is 2.28. The third-order valence-electron chi connectivity index (χ3n) is 2.39. The summed E-state index contributed by atoms with van der Waals surface area (Å²) in [5.41, 5.74) is 0. The molecule has 0 unspecified atom stereocenters. The molecule has 0 aromatic rings. The van der Waals surface area contributed by atoms with Gasteiger partial charge in [0.25, 0.3) is 0 Å². The van der Waals surface area contributed by atoms with Crippen LogP contribution in [0.4, 0.5) is 0 Å². The molecule has 2 heteroatoms. The molecule has 0 N–H and O–H groups in total. The molecule has 1 rings (SSSR count). The van der Waals surface area contributed by atoms with Crippen LogP contribution >= 0.6 is 0 Å². The number of hydrogen-bond donors (Lipinski definition) is 0. The van der Waals surface area contributed by atoms with Gasteiger partial charge in [-0.15, -0.1) is 0 Å². The van der Waals surface area contributed by atoms with Crippen molar-refractivity contribution in [1.82, 2.24) is 0 Å². The van der Waals surface area contributed by atoms with E-state index in [4.69, 9.17) is 0 Å². The van der Waals surface area contributed by atoms with Crippen molar-refractivity contribution in [3.8, 4) is 0 Å². The molecule has 0 bridgehead atoms. The predicted octanol–water partition coefficient (Wildman–Crippen LogP) is 2.29. The molecule has 1 saturated carbocycles. The summed E-state index contributed by atoms with van der Waals surface area (Å²) < 4.78 is 4.32. The Morgan fingerprint density at radius 3 is 2.64 bits per heavy atom. The van der Waals surface area contributed by atoms with Crippen molar-refractivity contribution in [2.45, 2.75) is 38.5 Å². The Hall–Kier alpha value is -0.530. The molecule has 0 saturated heterocycles. The van der Waals surface area contributed by atoms with E-state index < -0.39 is 0 Å². The van der Waals surface area contributed by atoms with Crippen molar-refractivity contribution >= 4 is 5.97 Å². The van der Waals surface area contributed by atoms with E-state index in [1.807, 2.05) is 0 Å². The Morgan fingerprint density at radius 2 is 2.09 bits per heavy atom. The lowest BCUT2D eigenvalue weighted by Crippen LogP contribution is -2.02. The molecule has 1 radical (unpaired) electrons. The van der Waals surface area contributed by atoms with Gasteiger partial charge in [0.15, 0.2) is 0 Å². The highest BCUT2D eigenvalue weighted by atomic mass is 16.5. The third-order valence-corrected chi connectivity index (χ3v) is 2.39.